The van der Waals surface area contributed by atoms with Crippen molar-refractivity contribution >= 4 is 22.5 Å². The van der Waals surface area contributed by atoms with Crippen LogP contribution in [0.15, 0.2) is 17.2 Å². The summed E-state index contributed by atoms with van der Waals surface area (Å²) in [5.41, 5.74) is 6.15. The van der Waals surface area contributed by atoms with Crippen molar-refractivity contribution < 1.29 is 9.18 Å². The second-order valence-electron chi connectivity index (χ2n) is 5.60. The lowest BCUT2D eigenvalue weighted by atomic mass is 9.96. The van der Waals surface area contributed by atoms with Crippen LogP contribution in [0.2, 0.25) is 0 Å². The first-order valence-electron chi connectivity index (χ1n) is 6.66. The standard InChI is InChI=1S/C15H16FN3O/c1-7(2)4-12-13-8(3)17-11-6-9(16)5-10(14(11)13)15(20)19-18-12/h5-7,17H,4H2,1-3H3,(H,19,20). The van der Waals surface area contributed by atoms with Crippen LogP contribution in [0.25, 0.3) is 10.9 Å². The normalized spacial score (nSPS) is 14.4. The molecule has 1 aromatic carbocycles. The molecule has 20 heavy (non-hydrogen) atoms. The highest BCUT2D eigenvalue weighted by Crippen LogP contribution is 2.30. The number of amides is 1. The van der Waals surface area contributed by atoms with Crippen LogP contribution in [0.1, 0.15) is 41.9 Å². The van der Waals surface area contributed by atoms with E-state index in [0.29, 0.717) is 17.0 Å². The molecule has 0 bridgehead atoms. The molecule has 1 aromatic heterocycles. The minimum Gasteiger partial charge on any atom is -0.358 e. The van der Waals surface area contributed by atoms with Crippen LogP contribution >= 0.6 is 0 Å². The molecular weight excluding hydrogens is 257 g/mol. The molecule has 0 radical (unpaired) electrons. The van der Waals surface area contributed by atoms with Crippen LogP contribution < -0.4 is 5.43 Å². The van der Waals surface area contributed by atoms with Crippen LogP contribution in [0.3, 0.4) is 0 Å². The Bertz CT molecular complexity index is 743. The summed E-state index contributed by atoms with van der Waals surface area (Å²) in [7, 11) is 0. The van der Waals surface area contributed by atoms with Gasteiger partial charge in [0.15, 0.2) is 0 Å². The van der Waals surface area contributed by atoms with Gasteiger partial charge in [-0.3, -0.25) is 4.79 Å². The minimum atomic E-state index is -0.428. The van der Waals surface area contributed by atoms with Gasteiger partial charge in [0, 0.05) is 22.2 Å². The van der Waals surface area contributed by atoms with Gasteiger partial charge in [-0.2, -0.15) is 5.10 Å². The van der Waals surface area contributed by atoms with Crippen LogP contribution in [-0.4, -0.2) is 16.6 Å². The van der Waals surface area contributed by atoms with E-state index in [1.54, 1.807) is 0 Å². The molecule has 1 aliphatic rings. The van der Waals surface area contributed by atoms with E-state index in [4.69, 9.17) is 0 Å². The van der Waals surface area contributed by atoms with Gasteiger partial charge in [0.2, 0.25) is 0 Å². The van der Waals surface area contributed by atoms with E-state index in [-0.39, 0.29) is 5.91 Å². The van der Waals surface area contributed by atoms with E-state index in [9.17, 15) is 9.18 Å². The second kappa shape index (κ2) is 4.44. The fraction of sp³-hybridized carbons (Fsp3) is 0.333. The summed E-state index contributed by atoms with van der Waals surface area (Å²) in [5, 5.41) is 4.98. The van der Waals surface area contributed by atoms with Gasteiger partial charge in [0.25, 0.3) is 5.91 Å². The number of aromatic nitrogens is 1. The van der Waals surface area contributed by atoms with Gasteiger partial charge in [0.1, 0.15) is 5.82 Å². The number of benzene rings is 1. The zero-order chi connectivity index (χ0) is 14.4. The Morgan fingerprint density at radius 2 is 2.10 bits per heavy atom. The molecule has 104 valence electrons. The van der Waals surface area contributed by atoms with Crippen molar-refractivity contribution in [3.8, 4) is 0 Å². The van der Waals surface area contributed by atoms with Crippen molar-refractivity contribution in [3.63, 3.8) is 0 Å². The number of hydrogen-bond acceptors (Lipinski definition) is 2. The van der Waals surface area contributed by atoms with Crippen molar-refractivity contribution in [3.05, 3.63) is 34.8 Å². The lowest BCUT2D eigenvalue weighted by molar-refractivity contribution is 0.0956. The van der Waals surface area contributed by atoms with Crippen molar-refractivity contribution in [2.45, 2.75) is 27.2 Å². The molecule has 2 aromatic rings. The van der Waals surface area contributed by atoms with Crippen molar-refractivity contribution in [1.82, 2.24) is 10.4 Å². The first kappa shape index (κ1) is 12.8. The molecule has 0 atom stereocenters. The average Bonchev–Trinajstić information content (AvgIpc) is 2.61. The zero-order valence-electron chi connectivity index (χ0n) is 11.7. The fourth-order valence-corrected chi connectivity index (χ4v) is 2.74. The Kier molecular flexibility index (Phi) is 2.85. The molecular formula is C15H16FN3O. The summed E-state index contributed by atoms with van der Waals surface area (Å²) in [6.45, 7) is 6.11. The molecule has 5 heteroatoms. The smallest absolute Gasteiger partial charge is 0.272 e. The Morgan fingerprint density at radius 3 is 2.80 bits per heavy atom. The predicted octanol–water partition coefficient (Wildman–Crippen LogP) is 3.11. The molecule has 0 saturated heterocycles. The van der Waals surface area contributed by atoms with E-state index >= 15 is 0 Å². The number of hydrazone groups is 1. The molecule has 4 nitrogen and oxygen atoms in total. The number of carbonyl (C=O) groups excluding carboxylic acids is 1. The topological polar surface area (TPSA) is 57.2 Å². The number of aryl methyl sites for hydroxylation is 1. The van der Waals surface area contributed by atoms with Gasteiger partial charge < -0.3 is 4.98 Å². The summed E-state index contributed by atoms with van der Waals surface area (Å²) < 4.78 is 13.6. The van der Waals surface area contributed by atoms with Crippen LogP contribution in [-0.2, 0) is 0 Å². The lowest BCUT2D eigenvalue weighted by Crippen LogP contribution is -2.18. The van der Waals surface area contributed by atoms with E-state index < -0.39 is 5.82 Å². The highest BCUT2D eigenvalue weighted by molar-refractivity contribution is 6.20. The molecule has 3 rings (SSSR count). The maximum absolute atomic E-state index is 13.6. The number of carbonyl (C=O) groups is 1. The van der Waals surface area contributed by atoms with Crippen molar-refractivity contribution in [1.29, 1.82) is 0 Å². The molecule has 0 fully saturated rings. The highest BCUT2D eigenvalue weighted by atomic mass is 19.1. The maximum atomic E-state index is 13.6. The maximum Gasteiger partial charge on any atom is 0.272 e. The Morgan fingerprint density at radius 1 is 1.35 bits per heavy atom. The van der Waals surface area contributed by atoms with Crippen LogP contribution in [0.4, 0.5) is 4.39 Å². The average molecular weight is 273 g/mol. The molecule has 1 amide bonds. The molecule has 0 aliphatic carbocycles. The van der Waals surface area contributed by atoms with E-state index in [1.807, 2.05) is 6.92 Å². The van der Waals surface area contributed by atoms with Gasteiger partial charge in [-0.15, -0.1) is 0 Å². The van der Waals surface area contributed by atoms with E-state index in [1.165, 1.54) is 12.1 Å². The summed E-state index contributed by atoms with van der Waals surface area (Å²) in [4.78, 5) is 15.2. The third kappa shape index (κ3) is 1.90. The van der Waals surface area contributed by atoms with Crippen LogP contribution in [0, 0.1) is 18.7 Å². The predicted molar refractivity (Wildman–Crippen MR) is 76.5 cm³/mol. The number of halogens is 1. The monoisotopic (exact) mass is 273 g/mol. The van der Waals surface area contributed by atoms with Crippen molar-refractivity contribution in [2.75, 3.05) is 0 Å². The summed E-state index contributed by atoms with van der Waals surface area (Å²) in [5.74, 6) is -0.381. The van der Waals surface area contributed by atoms with Gasteiger partial charge in [-0.25, -0.2) is 9.82 Å². The van der Waals surface area contributed by atoms with Crippen LogP contribution in [0.5, 0.6) is 0 Å². The minimum absolute atomic E-state index is 0.335. The van der Waals surface area contributed by atoms with Gasteiger partial charge in [0.05, 0.1) is 11.3 Å². The zero-order valence-corrected chi connectivity index (χ0v) is 11.7. The largest absolute Gasteiger partial charge is 0.358 e. The first-order valence-corrected chi connectivity index (χ1v) is 6.66. The van der Waals surface area contributed by atoms with Crippen molar-refractivity contribution in [2.24, 2.45) is 11.0 Å². The molecule has 0 unspecified atom stereocenters. The molecule has 0 spiro atoms. The number of H-pyrrole nitrogens is 1. The second-order valence-corrected chi connectivity index (χ2v) is 5.60. The quantitative estimate of drug-likeness (QED) is 0.867. The Labute approximate surface area is 116 Å². The fourth-order valence-electron chi connectivity index (χ4n) is 2.74. The Balaban J connectivity index is 2.34. The number of nitrogens with zero attached hydrogens (tertiary/aromatic N) is 1. The molecule has 2 N–H and O–H groups in total. The number of aromatic amines is 1. The highest BCUT2D eigenvalue weighted by Gasteiger charge is 2.24. The van der Waals surface area contributed by atoms with Gasteiger partial charge in [-0.1, -0.05) is 13.8 Å². The molecule has 2 heterocycles. The number of rotatable bonds is 2. The summed E-state index contributed by atoms with van der Waals surface area (Å²) in [6, 6.07) is 2.68. The van der Waals surface area contributed by atoms with E-state index in [0.717, 1.165) is 28.8 Å². The third-order valence-corrected chi connectivity index (χ3v) is 3.48. The van der Waals surface area contributed by atoms with E-state index in [2.05, 4.69) is 29.4 Å². The summed E-state index contributed by atoms with van der Waals surface area (Å²) in [6.07, 6.45) is 0.755. The number of nitrogens with one attached hydrogen (secondary N) is 2. The Hall–Kier alpha value is -2.17. The summed E-state index contributed by atoms with van der Waals surface area (Å²) >= 11 is 0. The molecule has 0 saturated carbocycles. The molecule has 1 aliphatic heterocycles. The van der Waals surface area contributed by atoms with Gasteiger partial charge >= 0.3 is 0 Å². The lowest BCUT2D eigenvalue weighted by Gasteiger charge is -2.08. The first-order chi connectivity index (χ1) is 9.47. The number of hydrogen-bond donors (Lipinski definition) is 2. The SMILES string of the molecule is Cc1[nH]c2cc(F)cc3c2c1C(CC(C)C)=NNC3=O. The third-order valence-electron chi connectivity index (χ3n) is 3.48. The van der Waals surface area contributed by atoms with Gasteiger partial charge in [-0.05, 0) is 31.4 Å².